The summed E-state index contributed by atoms with van der Waals surface area (Å²) >= 11 is 3.68. The van der Waals surface area contributed by atoms with Crippen molar-refractivity contribution in [3.05, 3.63) is 21.7 Å². The molecule has 1 heterocycles. The fraction of sp³-hybridized carbons (Fsp3) is 0.571. The van der Waals surface area contributed by atoms with Crippen molar-refractivity contribution in [1.29, 1.82) is 0 Å². The van der Waals surface area contributed by atoms with E-state index in [-0.39, 0.29) is 5.54 Å². The van der Waals surface area contributed by atoms with E-state index in [1.54, 1.807) is 0 Å². The molecule has 1 saturated carbocycles. The van der Waals surface area contributed by atoms with E-state index in [2.05, 4.69) is 35.8 Å². The molecule has 0 saturated heterocycles. The number of halogens is 1. The van der Waals surface area contributed by atoms with Crippen LogP contribution < -0.4 is 15.2 Å². The van der Waals surface area contributed by atoms with Gasteiger partial charge in [0.2, 0.25) is 0 Å². The highest BCUT2D eigenvalue weighted by molar-refractivity contribution is 9.10. The Balaban J connectivity index is 2.21. The molecule has 0 atom stereocenters. The molecule has 1 aliphatic heterocycles. The summed E-state index contributed by atoms with van der Waals surface area (Å²) in [5, 5.41) is 0. The summed E-state index contributed by atoms with van der Waals surface area (Å²) in [5.41, 5.74) is 8.72. The van der Waals surface area contributed by atoms with Crippen LogP contribution in [0.5, 0.6) is 11.5 Å². The van der Waals surface area contributed by atoms with E-state index in [9.17, 15) is 0 Å². The third kappa shape index (κ3) is 1.82. The molecule has 3 rings (SSSR count). The molecule has 1 aromatic rings. The van der Waals surface area contributed by atoms with Gasteiger partial charge in [-0.1, -0.05) is 13.8 Å². The first-order valence-electron chi connectivity index (χ1n) is 6.44. The average Bonchev–Trinajstić information content (AvgIpc) is 3.08. The quantitative estimate of drug-likeness (QED) is 0.911. The molecule has 98 valence electrons. The van der Waals surface area contributed by atoms with Crippen molar-refractivity contribution < 1.29 is 9.47 Å². The van der Waals surface area contributed by atoms with Crippen LogP contribution in [-0.2, 0) is 5.54 Å². The highest BCUT2D eigenvalue weighted by atomic mass is 79.9. The molecule has 18 heavy (non-hydrogen) atoms. The summed E-state index contributed by atoms with van der Waals surface area (Å²) in [6.45, 7) is 5.59. The van der Waals surface area contributed by atoms with Gasteiger partial charge < -0.3 is 15.2 Å². The molecule has 0 unspecified atom stereocenters. The normalized spacial score (nSPS) is 20.1. The zero-order valence-electron chi connectivity index (χ0n) is 10.8. The maximum absolute atomic E-state index is 6.39. The molecule has 0 amide bonds. The second-order valence-electron chi connectivity index (χ2n) is 5.49. The Hall–Kier alpha value is -0.740. The first-order chi connectivity index (χ1) is 8.53. The van der Waals surface area contributed by atoms with E-state index in [1.807, 2.05) is 0 Å². The highest BCUT2D eigenvalue weighted by Gasteiger charge is 2.43. The largest absolute Gasteiger partial charge is 0.486 e. The minimum Gasteiger partial charge on any atom is -0.486 e. The summed E-state index contributed by atoms with van der Waals surface area (Å²) in [7, 11) is 0. The van der Waals surface area contributed by atoms with Crippen LogP contribution >= 0.6 is 15.9 Å². The van der Waals surface area contributed by atoms with Crippen molar-refractivity contribution in [2.45, 2.75) is 38.1 Å². The number of ether oxygens (including phenoxy) is 2. The molecule has 0 aromatic heterocycles. The van der Waals surface area contributed by atoms with Gasteiger partial charge in [0.25, 0.3) is 0 Å². The molecule has 0 bridgehead atoms. The zero-order chi connectivity index (χ0) is 12.9. The number of hydrogen-bond donors (Lipinski definition) is 1. The molecule has 1 aliphatic carbocycles. The van der Waals surface area contributed by atoms with Crippen LogP contribution in [0.25, 0.3) is 0 Å². The molecular formula is C14H18BrNO2. The Labute approximate surface area is 116 Å². The summed E-state index contributed by atoms with van der Waals surface area (Å²) < 4.78 is 12.4. The first-order valence-corrected chi connectivity index (χ1v) is 7.23. The van der Waals surface area contributed by atoms with Crippen LogP contribution in [0.4, 0.5) is 0 Å². The number of fused-ring (bicyclic) bond motifs is 1. The van der Waals surface area contributed by atoms with Gasteiger partial charge in [0.1, 0.15) is 13.2 Å². The van der Waals surface area contributed by atoms with E-state index < -0.39 is 0 Å². The second-order valence-corrected chi connectivity index (χ2v) is 6.28. The fourth-order valence-corrected chi connectivity index (χ4v) is 3.52. The van der Waals surface area contributed by atoms with Crippen molar-refractivity contribution in [1.82, 2.24) is 0 Å². The minimum absolute atomic E-state index is 0.155. The van der Waals surface area contributed by atoms with E-state index >= 15 is 0 Å². The molecule has 1 fully saturated rings. The van der Waals surface area contributed by atoms with Crippen molar-refractivity contribution in [2.24, 2.45) is 5.73 Å². The highest BCUT2D eigenvalue weighted by Crippen LogP contribution is 2.52. The molecular weight excluding hydrogens is 294 g/mol. The molecule has 0 spiro atoms. The molecule has 3 nitrogen and oxygen atoms in total. The van der Waals surface area contributed by atoms with Crippen molar-refractivity contribution in [3.8, 4) is 11.5 Å². The standard InChI is InChI=1S/C14H18BrNO2/c1-8(2)11-9(14(16)3-4-14)7-10-13(12(11)15)18-6-5-17-10/h7-8H,3-6,16H2,1-2H3. The smallest absolute Gasteiger partial charge is 0.175 e. The van der Waals surface area contributed by atoms with Crippen LogP contribution in [0.15, 0.2) is 10.5 Å². The third-order valence-electron chi connectivity index (χ3n) is 3.71. The lowest BCUT2D eigenvalue weighted by molar-refractivity contribution is 0.169. The summed E-state index contributed by atoms with van der Waals surface area (Å²) in [6, 6.07) is 2.08. The third-order valence-corrected chi connectivity index (χ3v) is 4.50. The van der Waals surface area contributed by atoms with E-state index in [0.717, 1.165) is 28.8 Å². The van der Waals surface area contributed by atoms with E-state index in [1.165, 1.54) is 11.1 Å². The van der Waals surface area contributed by atoms with Crippen molar-refractivity contribution in [3.63, 3.8) is 0 Å². The fourth-order valence-electron chi connectivity index (χ4n) is 2.54. The van der Waals surface area contributed by atoms with Crippen LogP contribution in [0, 0.1) is 0 Å². The Bertz CT molecular complexity index is 495. The Morgan fingerprint density at radius 2 is 1.94 bits per heavy atom. The number of hydrogen-bond acceptors (Lipinski definition) is 3. The van der Waals surface area contributed by atoms with Gasteiger partial charge in [-0.2, -0.15) is 0 Å². The lowest BCUT2D eigenvalue weighted by Gasteiger charge is -2.26. The maximum atomic E-state index is 6.39. The molecule has 2 N–H and O–H groups in total. The van der Waals surface area contributed by atoms with Gasteiger partial charge in [0.05, 0.1) is 4.47 Å². The van der Waals surface area contributed by atoms with Gasteiger partial charge >= 0.3 is 0 Å². The van der Waals surface area contributed by atoms with Gasteiger partial charge in [0.15, 0.2) is 11.5 Å². The van der Waals surface area contributed by atoms with Gasteiger partial charge in [-0.15, -0.1) is 0 Å². The molecule has 4 heteroatoms. The van der Waals surface area contributed by atoms with Gasteiger partial charge in [-0.05, 0) is 51.9 Å². The average molecular weight is 312 g/mol. The maximum Gasteiger partial charge on any atom is 0.175 e. The van der Waals surface area contributed by atoms with Gasteiger partial charge in [-0.3, -0.25) is 0 Å². The Morgan fingerprint density at radius 3 is 2.56 bits per heavy atom. The molecule has 2 aliphatic rings. The SMILES string of the molecule is CC(C)c1c(C2(N)CC2)cc2c(c1Br)OCCO2. The monoisotopic (exact) mass is 311 g/mol. The van der Waals surface area contributed by atoms with E-state index in [4.69, 9.17) is 15.2 Å². The predicted molar refractivity (Wildman–Crippen MR) is 74.3 cm³/mol. The van der Waals surface area contributed by atoms with Crippen LogP contribution in [0.3, 0.4) is 0 Å². The second kappa shape index (κ2) is 4.14. The lowest BCUT2D eigenvalue weighted by Crippen LogP contribution is -2.23. The van der Waals surface area contributed by atoms with Crippen molar-refractivity contribution >= 4 is 15.9 Å². The summed E-state index contributed by atoms with van der Waals surface area (Å²) in [5.74, 6) is 2.06. The van der Waals surface area contributed by atoms with Crippen molar-refractivity contribution in [2.75, 3.05) is 13.2 Å². The Morgan fingerprint density at radius 1 is 1.28 bits per heavy atom. The Kier molecular flexibility index (Phi) is 2.83. The van der Waals surface area contributed by atoms with Gasteiger partial charge in [0, 0.05) is 5.54 Å². The number of nitrogens with two attached hydrogens (primary N) is 1. The number of rotatable bonds is 2. The van der Waals surface area contributed by atoms with Crippen LogP contribution in [-0.4, -0.2) is 13.2 Å². The summed E-state index contributed by atoms with van der Waals surface area (Å²) in [6.07, 6.45) is 2.11. The molecule has 0 radical (unpaired) electrons. The lowest BCUT2D eigenvalue weighted by atomic mass is 9.91. The van der Waals surface area contributed by atoms with E-state index in [0.29, 0.717) is 19.1 Å². The predicted octanol–water partition coefficient (Wildman–Crippen LogP) is 3.29. The number of benzene rings is 1. The van der Waals surface area contributed by atoms with Crippen LogP contribution in [0.1, 0.15) is 43.7 Å². The van der Waals surface area contributed by atoms with Gasteiger partial charge in [-0.25, -0.2) is 0 Å². The molecule has 1 aromatic carbocycles. The topological polar surface area (TPSA) is 44.5 Å². The first kappa shape index (κ1) is 12.3. The minimum atomic E-state index is -0.155. The zero-order valence-corrected chi connectivity index (χ0v) is 12.3. The summed E-state index contributed by atoms with van der Waals surface area (Å²) in [4.78, 5) is 0. The van der Waals surface area contributed by atoms with Crippen LogP contribution in [0.2, 0.25) is 0 Å².